The number of rotatable bonds is 21. The van der Waals surface area contributed by atoms with Crippen molar-refractivity contribution in [2.24, 2.45) is 0 Å². The first-order valence-corrected chi connectivity index (χ1v) is 28.0. The fraction of sp³-hybridized carbons (Fsp3) is 0.250. The van der Waals surface area contributed by atoms with E-state index in [-0.39, 0.29) is 5.41 Å². The lowest BCUT2D eigenvalue weighted by atomic mass is 9.70. The third kappa shape index (κ3) is 9.88. The molecule has 0 saturated carbocycles. The van der Waals surface area contributed by atoms with Gasteiger partial charge in [0.1, 0.15) is 0 Å². The minimum Gasteiger partial charge on any atom is -0.311 e. The average Bonchev–Trinajstić information content (AvgIpc) is 3.68. The normalized spacial score (nSPS) is 13.5. The Morgan fingerprint density at radius 3 is 1.16 bits per heavy atom. The molecule has 3 aliphatic carbocycles. The van der Waals surface area contributed by atoms with Gasteiger partial charge in [-0.15, -0.1) is 0 Å². The van der Waals surface area contributed by atoms with Crippen molar-refractivity contribution in [1.29, 1.82) is 0 Å². The van der Waals surface area contributed by atoms with Gasteiger partial charge in [-0.05, 0) is 211 Å². The number of hydrogen-bond donors (Lipinski definition) is 0. The molecule has 368 valence electrons. The smallest absolute Gasteiger partial charge is 0.0465 e. The van der Waals surface area contributed by atoms with Crippen molar-refractivity contribution in [3.63, 3.8) is 0 Å². The lowest BCUT2D eigenvalue weighted by Gasteiger charge is -2.34. The number of aryl methyl sites for hydroxylation is 7. The second-order valence-corrected chi connectivity index (χ2v) is 21.7. The summed E-state index contributed by atoms with van der Waals surface area (Å²) in [7, 11) is 0. The highest BCUT2D eigenvalue weighted by Gasteiger charge is 2.43. The zero-order chi connectivity index (χ0) is 49.7. The highest BCUT2D eigenvalue weighted by atomic mass is 15.1. The number of fused-ring (bicyclic) bond motifs is 5. The van der Waals surface area contributed by atoms with Gasteiger partial charge in [-0.3, -0.25) is 0 Å². The predicted octanol–water partition coefficient (Wildman–Crippen LogP) is 19.5. The quantitative estimate of drug-likeness (QED) is 0.0662. The van der Waals surface area contributed by atoms with Crippen LogP contribution in [0.1, 0.15) is 114 Å². The topological polar surface area (TPSA) is 6.48 Å². The second-order valence-electron chi connectivity index (χ2n) is 21.7. The van der Waals surface area contributed by atoms with Gasteiger partial charge in [0.2, 0.25) is 0 Å². The van der Waals surface area contributed by atoms with Gasteiger partial charge in [-0.2, -0.15) is 0 Å². The molecule has 0 spiro atoms. The van der Waals surface area contributed by atoms with E-state index < -0.39 is 0 Å². The van der Waals surface area contributed by atoms with Crippen molar-refractivity contribution in [2.75, 3.05) is 9.80 Å². The largest absolute Gasteiger partial charge is 0.311 e. The van der Waals surface area contributed by atoms with Crippen molar-refractivity contribution in [3.8, 4) is 22.3 Å². The maximum absolute atomic E-state index is 2.60. The van der Waals surface area contributed by atoms with Crippen LogP contribution in [0.2, 0.25) is 0 Å². The van der Waals surface area contributed by atoms with Crippen LogP contribution >= 0.6 is 0 Å². The van der Waals surface area contributed by atoms with E-state index >= 15 is 0 Å². The molecule has 0 saturated heterocycles. The summed E-state index contributed by atoms with van der Waals surface area (Å²) in [5, 5.41) is 0. The van der Waals surface area contributed by atoms with Crippen LogP contribution in [0.3, 0.4) is 0 Å². The van der Waals surface area contributed by atoms with Gasteiger partial charge in [0.15, 0.2) is 0 Å². The Labute approximate surface area is 441 Å². The van der Waals surface area contributed by atoms with Crippen molar-refractivity contribution < 1.29 is 0 Å². The lowest BCUT2D eigenvalue weighted by Crippen LogP contribution is -2.26. The molecule has 0 atom stereocenters. The minimum atomic E-state index is -0.0366. The molecule has 0 unspecified atom stereocenters. The molecule has 9 aromatic rings. The Balaban J connectivity index is 0.828. The van der Waals surface area contributed by atoms with E-state index in [1.54, 1.807) is 27.8 Å². The molecule has 0 N–H and O–H groups in total. The van der Waals surface area contributed by atoms with Crippen LogP contribution in [0.15, 0.2) is 212 Å². The molecule has 74 heavy (non-hydrogen) atoms. The Morgan fingerprint density at radius 1 is 0.324 bits per heavy atom. The molecule has 0 bridgehead atoms. The molecule has 12 rings (SSSR count). The van der Waals surface area contributed by atoms with Gasteiger partial charge in [0, 0.05) is 39.5 Å². The standard InChI is InChI=1S/C72H70N2/c1-53-27-45-68-69-46-44-67(74(64-25-15-8-16-26-64)66-42-38-57(39-43-66)56-36-40-65(41-37-56)73(62-21-11-6-12-22-62)63-23-13-7-14-24-63)52-71(69)72(70(68)49-53,47-17-4-2-9-19-54-28-30-58-32-34-60(58)50-54)48-18-5-3-10-20-55-29-31-59-33-35-61(59)51-55/h6-8,11-16,21-31,36-46,49-52H,2-5,9-10,17-20,32-35,47-48H2,1H3. The van der Waals surface area contributed by atoms with Gasteiger partial charge in [-0.1, -0.05) is 184 Å². The molecular formula is C72H70N2. The van der Waals surface area contributed by atoms with Crippen molar-refractivity contribution in [1.82, 2.24) is 0 Å². The molecule has 0 radical (unpaired) electrons. The first-order chi connectivity index (χ1) is 36.6. The van der Waals surface area contributed by atoms with Gasteiger partial charge < -0.3 is 9.80 Å². The number of hydrogen-bond acceptors (Lipinski definition) is 2. The fourth-order valence-electron chi connectivity index (χ4n) is 12.7. The summed E-state index contributed by atoms with van der Waals surface area (Å²) in [6.07, 6.45) is 19.9. The van der Waals surface area contributed by atoms with E-state index in [0.29, 0.717) is 0 Å². The van der Waals surface area contributed by atoms with Crippen molar-refractivity contribution in [3.05, 3.63) is 262 Å². The Bertz CT molecular complexity index is 3230. The second kappa shape index (κ2) is 21.6. The van der Waals surface area contributed by atoms with E-state index in [0.717, 1.165) is 22.7 Å². The van der Waals surface area contributed by atoms with Crippen LogP contribution in [0.25, 0.3) is 22.3 Å². The van der Waals surface area contributed by atoms with Gasteiger partial charge in [0.05, 0.1) is 0 Å². The molecule has 0 aromatic heterocycles. The summed E-state index contributed by atoms with van der Waals surface area (Å²) in [5.74, 6) is 0. The third-order valence-corrected chi connectivity index (χ3v) is 16.9. The van der Waals surface area contributed by atoms with Crippen LogP contribution < -0.4 is 9.80 Å². The summed E-state index contributed by atoms with van der Waals surface area (Å²) in [6, 6.07) is 79.9. The fourth-order valence-corrected chi connectivity index (χ4v) is 12.7. The monoisotopic (exact) mass is 963 g/mol. The maximum atomic E-state index is 2.60. The lowest BCUT2D eigenvalue weighted by molar-refractivity contribution is 0.399. The van der Waals surface area contributed by atoms with Crippen molar-refractivity contribution >= 4 is 34.1 Å². The Morgan fingerprint density at radius 2 is 0.716 bits per heavy atom. The molecule has 0 aliphatic heterocycles. The third-order valence-electron chi connectivity index (χ3n) is 16.9. The molecule has 9 aromatic carbocycles. The number of anilines is 6. The highest BCUT2D eigenvalue weighted by Crippen LogP contribution is 2.56. The first kappa shape index (κ1) is 47.6. The summed E-state index contributed by atoms with van der Waals surface area (Å²) in [5.41, 5.74) is 26.0. The molecular weight excluding hydrogens is 893 g/mol. The zero-order valence-corrected chi connectivity index (χ0v) is 43.4. The molecule has 0 fully saturated rings. The summed E-state index contributed by atoms with van der Waals surface area (Å²) in [4.78, 5) is 4.81. The van der Waals surface area contributed by atoms with E-state index in [2.05, 4.69) is 229 Å². The summed E-state index contributed by atoms with van der Waals surface area (Å²) in [6.45, 7) is 2.30. The summed E-state index contributed by atoms with van der Waals surface area (Å²) < 4.78 is 0. The van der Waals surface area contributed by atoms with Gasteiger partial charge in [-0.25, -0.2) is 0 Å². The highest BCUT2D eigenvalue weighted by molar-refractivity contribution is 5.87. The van der Waals surface area contributed by atoms with Gasteiger partial charge >= 0.3 is 0 Å². The first-order valence-electron chi connectivity index (χ1n) is 28.0. The maximum Gasteiger partial charge on any atom is 0.0465 e. The van der Waals surface area contributed by atoms with Crippen LogP contribution in [0.4, 0.5) is 34.1 Å². The molecule has 0 heterocycles. The molecule has 0 amide bonds. The molecule has 2 heteroatoms. The zero-order valence-electron chi connectivity index (χ0n) is 43.4. The van der Waals surface area contributed by atoms with E-state index in [4.69, 9.17) is 0 Å². The van der Waals surface area contributed by atoms with Gasteiger partial charge in [0.25, 0.3) is 0 Å². The number of nitrogens with zero attached hydrogens (tertiary/aromatic N) is 2. The average molecular weight is 963 g/mol. The van der Waals surface area contributed by atoms with Crippen LogP contribution in [0, 0.1) is 6.92 Å². The summed E-state index contributed by atoms with van der Waals surface area (Å²) >= 11 is 0. The van der Waals surface area contributed by atoms with Crippen molar-refractivity contribution in [2.45, 2.75) is 115 Å². The van der Waals surface area contributed by atoms with E-state index in [9.17, 15) is 0 Å². The van der Waals surface area contributed by atoms with E-state index in [1.807, 2.05) is 0 Å². The van der Waals surface area contributed by atoms with Crippen LogP contribution in [-0.4, -0.2) is 0 Å². The van der Waals surface area contributed by atoms with E-state index in [1.165, 1.54) is 159 Å². The van der Waals surface area contributed by atoms with Crippen LogP contribution in [0.5, 0.6) is 0 Å². The molecule has 2 nitrogen and oxygen atoms in total. The number of benzene rings is 9. The molecule has 3 aliphatic rings. The predicted molar refractivity (Wildman–Crippen MR) is 313 cm³/mol. The Hall–Kier alpha value is -7.42. The number of para-hydroxylation sites is 3. The Kier molecular flexibility index (Phi) is 13.9. The van der Waals surface area contributed by atoms with Crippen LogP contribution in [-0.2, 0) is 43.9 Å². The minimum absolute atomic E-state index is 0.0366. The SMILES string of the molecule is Cc1ccc2c(c1)C(CCCCCCc1ccc3c(c1)CC3)(CCCCCCc1ccc3c(c1)CC3)c1cc(N(c3ccccc3)c3ccc(-c4ccc(N(c5ccccc5)c5ccccc5)cc4)cc3)ccc1-2. The number of unbranched alkanes of at least 4 members (excludes halogenated alkanes) is 6.